The number of halogens is 1. The van der Waals surface area contributed by atoms with E-state index in [4.69, 9.17) is 11.6 Å². The molecule has 3 fully saturated rings. The number of carbonyl (C=O) groups excluding carboxylic acids is 3. The summed E-state index contributed by atoms with van der Waals surface area (Å²) < 4.78 is -0.776. The van der Waals surface area contributed by atoms with Crippen LogP contribution in [0.15, 0.2) is 79.9 Å². The van der Waals surface area contributed by atoms with Crippen LogP contribution in [0.1, 0.15) is 38.7 Å². The summed E-state index contributed by atoms with van der Waals surface area (Å²) in [5.74, 6) is -1.54. The van der Waals surface area contributed by atoms with Crippen LogP contribution < -0.4 is 4.90 Å². The molecule has 7 nitrogen and oxygen atoms in total. The molecule has 2 bridgehead atoms. The summed E-state index contributed by atoms with van der Waals surface area (Å²) in [6.45, 7) is 12.6. The Kier molecular flexibility index (Phi) is 9.93. The predicted molar refractivity (Wildman–Crippen MR) is 177 cm³/mol. The number of fused-ring (bicyclic) bond motifs is 1. The normalized spacial score (nSPS) is 26.0. The van der Waals surface area contributed by atoms with E-state index < -0.39 is 28.7 Å². The van der Waals surface area contributed by atoms with Gasteiger partial charge in [-0.2, -0.15) is 0 Å². The number of hydrogen-bond donors (Lipinski definition) is 1. The molecule has 3 heterocycles. The number of carbonyl (C=O) groups is 3. The number of likely N-dealkylation sites (tertiary alicyclic amines) is 1. The molecular weight excluding hydrogens is 594 g/mol. The Morgan fingerprint density at radius 3 is 2.39 bits per heavy atom. The van der Waals surface area contributed by atoms with E-state index in [2.05, 4.69) is 13.2 Å². The third kappa shape index (κ3) is 5.84. The molecule has 3 aliphatic rings. The Labute approximate surface area is 269 Å². The van der Waals surface area contributed by atoms with E-state index >= 15 is 0 Å². The lowest BCUT2D eigenvalue weighted by molar-refractivity contribution is -0.145. The van der Waals surface area contributed by atoms with Gasteiger partial charge in [-0.05, 0) is 55.0 Å². The number of aliphatic hydroxyl groups is 1. The summed E-state index contributed by atoms with van der Waals surface area (Å²) in [6.07, 6.45) is 5.32. The molecule has 3 amide bonds. The van der Waals surface area contributed by atoms with Crippen LogP contribution >= 0.6 is 23.4 Å². The van der Waals surface area contributed by atoms with Gasteiger partial charge in [-0.25, -0.2) is 0 Å². The van der Waals surface area contributed by atoms with E-state index in [9.17, 15) is 19.5 Å². The molecule has 0 radical (unpaired) electrons. The zero-order valence-corrected chi connectivity index (χ0v) is 27.1. The van der Waals surface area contributed by atoms with Crippen LogP contribution in [0.2, 0.25) is 5.02 Å². The fourth-order valence-electron chi connectivity index (χ4n) is 7.49. The SMILES string of the molecule is C=CCN(Cc1ccccc1)C(=O)[C@@H]1[C@H]2C(=O)N([C@@H](CO)CC(C)C)C(C(=O)N(CC=C)c3ccc(Cl)cc3)C23CC[C@H]1S3. The number of anilines is 1. The number of nitrogens with zero attached hydrogens (tertiary/aromatic N) is 3. The van der Waals surface area contributed by atoms with Gasteiger partial charge < -0.3 is 19.8 Å². The maximum absolute atomic E-state index is 14.8. The Morgan fingerprint density at radius 1 is 1.09 bits per heavy atom. The van der Waals surface area contributed by atoms with Crippen molar-refractivity contribution in [1.82, 2.24) is 9.80 Å². The van der Waals surface area contributed by atoms with Gasteiger partial charge in [-0.15, -0.1) is 24.9 Å². The molecule has 5 rings (SSSR count). The summed E-state index contributed by atoms with van der Waals surface area (Å²) in [7, 11) is 0. The van der Waals surface area contributed by atoms with Gasteiger partial charge in [-0.1, -0.05) is 67.9 Å². The second-order valence-corrected chi connectivity index (χ2v) is 14.5. The average molecular weight is 636 g/mol. The zero-order chi connectivity index (χ0) is 31.6. The van der Waals surface area contributed by atoms with Gasteiger partial charge in [0.05, 0.1) is 29.2 Å². The van der Waals surface area contributed by atoms with Crippen molar-refractivity contribution in [2.24, 2.45) is 17.8 Å². The third-order valence-electron chi connectivity index (χ3n) is 9.20. The van der Waals surface area contributed by atoms with Crippen LogP contribution in [-0.4, -0.2) is 74.4 Å². The zero-order valence-electron chi connectivity index (χ0n) is 25.5. The molecule has 9 heteroatoms. The highest BCUT2D eigenvalue weighted by Gasteiger charge is 2.74. The van der Waals surface area contributed by atoms with Crippen LogP contribution in [0, 0.1) is 17.8 Å². The fraction of sp³-hybridized carbons (Fsp3) is 0.457. The first-order chi connectivity index (χ1) is 21.2. The largest absolute Gasteiger partial charge is 0.394 e. The van der Waals surface area contributed by atoms with E-state index in [1.165, 1.54) is 0 Å². The van der Waals surface area contributed by atoms with Crippen molar-refractivity contribution < 1.29 is 19.5 Å². The quantitative estimate of drug-likeness (QED) is 0.291. The molecule has 0 aliphatic carbocycles. The van der Waals surface area contributed by atoms with E-state index in [1.54, 1.807) is 62.9 Å². The number of hydrogen-bond acceptors (Lipinski definition) is 5. The first-order valence-electron chi connectivity index (χ1n) is 15.4. The minimum atomic E-state index is -0.832. The highest BCUT2D eigenvalue weighted by molar-refractivity contribution is 8.02. The topological polar surface area (TPSA) is 81.2 Å². The van der Waals surface area contributed by atoms with Gasteiger partial charge in [0.1, 0.15) is 6.04 Å². The number of aliphatic hydroxyl groups excluding tert-OH is 1. The first-order valence-corrected chi connectivity index (χ1v) is 16.6. The van der Waals surface area contributed by atoms with Gasteiger partial charge in [0.2, 0.25) is 11.8 Å². The van der Waals surface area contributed by atoms with Crippen molar-refractivity contribution in [1.29, 1.82) is 0 Å². The van der Waals surface area contributed by atoms with Crippen LogP contribution in [0.4, 0.5) is 5.69 Å². The molecule has 3 aliphatic heterocycles. The van der Waals surface area contributed by atoms with Gasteiger partial charge in [0, 0.05) is 35.6 Å². The van der Waals surface area contributed by atoms with Crippen molar-refractivity contribution in [3.63, 3.8) is 0 Å². The van der Waals surface area contributed by atoms with E-state index in [0.717, 1.165) is 12.0 Å². The van der Waals surface area contributed by atoms with Crippen molar-refractivity contribution in [3.8, 4) is 0 Å². The van der Waals surface area contributed by atoms with Gasteiger partial charge in [0.25, 0.3) is 5.91 Å². The monoisotopic (exact) mass is 635 g/mol. The maximum atomic E-state index is 14.8. The van der Waals surface area contributed by atoms with E-state index in [1.807, 2.05) is 44.2 Å². The molecule has 1 spiro atoms. The minimum Gasteiger partial charge on any atom is -0.394 e. The predicted octanol–water partition coefficient (Wildman–Crippen LogP) is 5.57. The lowest BCUT2D eigenvalue weighted by atomic mass is 9.70. The van der Waals surface area contributed by atoms with Crippen molar-refractivity contribution in [2.75, 3.05) is 24.6 Å². The van der Waals surface area contributed by atoms with Gasteiger partial charge in [0.15, 0.2) is 0 Å². The molecule has 234 valence electrons. The summed E-state index contributed by atoms with van der Waals surface area (Å²) in [5, 5.41) is 11.1. The number of benzene rings is 2. The van der Waals surface area contributed by atoms with Crippen LogP contribution in [0.3, 0.4) is 0 Å². The molecule has 3 saturated heterocycles. The second kappa shape index (κ2) is 13.5. The molecule has 6 atom stereocenters. The second-order valence-electron chi connectivity index (χ2n) is 12.5. The van der Waals surface area contributed by atoms with Crippen LogP contribution in [0.25, 0.3) is 0 Å². The van der Waals surface area contributed by atoms with Crippen LogP contribution in [0.5, 0.6) is 0 Å². The highest BCUT2D eigenvalue weighted by Crippen LogP contribution is 2.67. The lowest BCUT2D eigenvalue weighted by Crippen LogP contribution is -2.58. The molecule has 0 saturated carbocycles. The Balaban J connectivity index is 1.57. The first kappa shape index (κ1) is 32.3. The molecule has 0 aromatic heterocycles. The summed E-state index contributed by atoms with van der Waals surface area (Å²) >= 11 is 7.81. The van der Waals surface area contributed by atoms with Crippen molar-refractivity contribution in [3.05, 3.63) is 90.5 Å². The highest BCUT2D eigenvalue weighted by atomic mass is 35.5. The molecule has 2 unspecified atom stereocenters. The number of amides is 3. The fourth-order valence-corrected chi connectivity index (χ4v) is 9.81. The minimum absolute atomic E-state index is 0.0712. The van der Waals surface area contributed by atoms with Gasteiger partial charge in [-0.3, -0.25) is 14.4 Å². The van der Waals surface area contributed by atoms with E-state index in [0.29, 0.717) is 36.6 Å². The Bertz CT molecular complexity index is 1390. The molecule has 1 N–H and O–H groups in total. The summed E-state index contributed by atoms with van der Waals surface area (Å²) in [4.78, 5) is 49.0. The van der Waals surface area contributed by atoms with Gasteiger partial charge >= 0.3 is 0 Å². The Hall–Kier alpha value is -3.07. The standard InChI is InChI=1S/C35H42ClN3O4S/c1-5-18-37(21-24-10-8-7-9-11-24)32(41)29-28-16-17-35(44-28)30(29)33(42)39(27(22-40)20-23(3)4)31(35)34(43)38(19-6-2)26-14-12-25(36)13-15-26/h5-15,23,27-31,40H,1-2,16-22H2,3-4H3/t27-,28-,29+,30+,31?,35?/m1/s1. The number of thioether (sulfide) groups is 1. The van der Waals surface area contributed by atoms with Crippen LogP contribution in [-0.2, 0) is 20.9 Å². The molecule has 2 aromatic carbocycles. The summed E-state index contributed by atoms with van der Waals surface area (Å²) in [6, 6.07) is 15.5. The summed E-state index contributed by atoms with van der Waals surface area (Å²) in [5.41, 5.74) is 1.65. The smallest absolute Gasteiger partial charge is 0.251 e. The van der Waals surface area contributed by atoms with Crippen molar-refractivity contribution >= 4 is 46.8 Å². The maximum Gasteiger partial charge on any atom is 0.251 e. The average Bonchev–Trinajstić information content (AvgIpc) is 3.66. The molecular formula is C35H42ClN3O4S. The van der Waals surface area contributed by atoms with E-state index in [-0.39, 0.29) is 42.0 Å². The van der Waals surface area contributed by atoms with Crippen molar-refractivity contribution in [2.45, 2.75) is 61.7 Å². The molecule has 2 aromatic rings. The third-order valence-corrected chi connectivity index (χ3v) is 11.4. The lowest BCUT2D eigenvalue weighted by Gasteiger charge is -2.40. The Morgan fingerprint density at radius 2 is 1.77 bits per heavy atom. The number of rotatable bonds is 13. The molecule has 44 heavy (non-hydrogen) atoms.